The molecule has 0 radical (unpaired) electrons. The lowest BCUT2D eigenvalue weighted by Gasteiger charge is -2.31. The molecular formula is C17H23N3O4. The fraction of sp³-hybridized carbons (Fsp3) is 0.529. The number of likely N-dealkylation sites (tertiary alicyclic amines) is 1. The summed E-state index contributed by atoms with van der Waals surface area (Å²) >= 11 is 0. The van der Waals surface area contributed by atoms with Gasteiger partial charge in [0.05, 0.1) is 6.04 Å². The molecule has 1 atom stereocenters. The van der Waals surface area contributed by atoms with Crippen molar-refractivity contribution in [2.75, 3.05) is 26.3 Å². The number of nitrogens with zero attached hydrogens (tertiary/aromatic N) is 1. The van der Waals surface area contributed by atoms with Gasteiger partial charge in [-0.05, 0) is 37.5 Å². The third-order valence-electron chi connectivity index (χ3n) is 4.59. The predicted octanol–water partition coefficient (Wildman–Crippen LogP) is 1.43. The van der Waals surface area contributed by atoms with Crippen molar-refractivity contribution >= 4 is 11.9 Å². The summed E-state index contributed by atoms with van der Waals surface area (Å²) in [5.74, 6) is 1.04. The van der Waals surface area contributed by atoms with Crippen LogP contribution in [0.4, 0.5) is 4.79 Å². The Morgan fingerprint density at radius 1 is 1.21 bits per heavy atom. The van der Waals surface area contributed by atoms with Crippen molar-refractivity contribution in [3.63, 3.8) is 0 Å². The van der Waals surface area contributed by atoms with Crippen molar-refractivity contribution in [1.29, 1.82) is 0 Å². The highest BCUT2D eigenvalue weighted by atomic mass is 16.6. The van der Waals surface area contributed by atoms with E-state index in [1.54, 1.807) is 4.90 Å². The van der Waals surface area contributed by atoms with E-state index in [-0.39, 0.29) is 23.9 Å². The van der Waals surface area contributed by atoms with Crippen LogP contribution in [-0.2, 0) is 4.79 Å². The first-order valence-corrected chi connectivity index (χ1v) is 8.29. The van der Waals surface area contributed by atoms with Gasteiger partial charge in [-0.3, -0.25) is 4.79 Å². The monoisotopic (exact) mass is 333 g/mol. The number of nitrogens with one attached hydrogen (secondary N) is 1. The molecule has 7 heteroatoms. The molecular weight excluding hydrogens is 310 g/mol. The van der Waals surface area contributed by atoms with E-state index in [0.29, 0.717) is 44.9 Å². The first kappa shape index (κ1) is 16.4. The summed E-state index contributed by atoms with van der Waals surface area (Å²) in [7, 11) is 0. The van der Waals surface area contributed by atoms with Crippen LogP contribution in [0.25, 0.3) is 0 Å². The summed E-state index contributed by atoms with van der Waals surface area (Å²) in [6.07, 6.45) is 1.25. The zero-order chi connectivity index (χ0) is 17.1. The lowest BCUT2D eigenvalue weighted by molar-refractivity contribution is -0.123. The smallest absolute Gasteiger partial charge is 0.317 e. The molecule has 1 saturated heterocycles. The Kier molecular flexibility index (Phi) is 4.78. The van der Waals surface area contributed by atoms with Gasteiger partial charge in [-0.2, -0.15) is 0 Å². The quantitative estimate of drug-likeness (QED) is 0.875. The Morgan fingerprint density at radius 2 is 1.88 bits per heavy atom. The van der Waals surface area contributed by atoms with Gasteiger partial charge in [0.1, 0.15) is 13.2 Å². The first-order valence-electron chi connectivity index (χ1n) is 8.29. The lowest BCUT2D eigenvalue weighted by atomic mass is 9.96. The van der Waals surface area contributed by atoms with Gasteiger partial charge in [0.15, 0.2) is 11.5 Å². The zero-order valence-electron chi connectivity index (χ0n) is 13.8. The number of nitrogens with two attached hydrogens (primary N) is 1. The second-order valence-electron chi connectivity index (χ2n) is 6.24. The molecule has 1 fully saturated rings. The van der Waals surface area contributed by atoms with Crippen LogP contribution in [0.5, 0.6) is 11.5 Å². The van der Waals surface area contributed by atoms with Crippen LogP contribution in [0.15, 0.2) is 18.2 Å². The van der Waals surface area contributed by atoms with Gasteiger partial charge in [0, 0.05) is 19.0 Å². The van der Waals surface area contributed by atoms with Crippen LogP contribution in [0.1, 0.15) is 31.4 Å². The number of hydrogen-bond donors (Lipinski definition) is 2. The summed E-state index contributed by atoms with van der Waals surface area (Å²) in [5.41, 5.74) is 6.28. The number of ether oxygens (including phenoxy) is 2. The first-order chi connectivity index (χ1) is 11.5. The van der Waals surface area contributed by atoms with Crippen LogP contribution < -0.4 is 20.5 Å². The van der Waals surface area contributed by atoms with E-state index < -0.39 is 0 Å². The highest BCUT2D eigenvalue weighted by molar-refractivity contribution is 5.78. The molecule has 2 aliphatic heterocycles. The van der Waals surface area contributed by atoms with Crippen molar-refractivity contribution in [3.8, 4) is 11.5 Å². The van der Waals surface area contributed by atoms with Crippen molar-refractivity contribution < 1.29 is 19.1 Å². The molecule has 0 aliphatic carbocycles. The van der Waals surface area contributed by atoms with Crippen LogP contribution in [-0.4, -0.2) is 43.1 Å². The highest BCUT2D eigenvalue weighted by Gasteiger charge is 2.26. The Hall–Kier alpha value is -2.44. The number of carbonyl (C=O) groups is 2. The third-order valence-corrected chi connectivity index (χ3v) is 4.59. The number of piperidine rings is 1. The van der Waals surface area contributed by atoms with E-state index in [1.807, 2.05) is 25.1 Å². The van der Waals surface area contributed by atoms with Crippen molar-refractivity contribution in [1.82, 2.24) is 10.2 Å². The Balaban J connectivity index is 1.57. The number of carbonyl (C=O) groups excluding carboxylic acids is 2. The molecule has 24 heavy (non-hydrogen) atoms. The predicted molar refractivity (Wildman–Crippen MR) is 87.9 cm³/mol. The van der Waals surface area contributed by atoms with E-state index >= 15 is 0 Å². The minimum absolute atomic E-state index is 0.121. The van der Waals surface area contributed by atoms with Gasteiger partial charge in [0.2, 0.25) is 5.91 Å². The highest BCUT2D eigenvalue weighted by Crippen LogP contribution is 2.32. The maximum atomic E-state index is 12.4. The van der Waals surface area contributed by atoms with E-state index in [2.05, 4.69) is 5.32 Å². The van der Waals surface area contributed by atoms with Crippen molar-refractivity contribution in [3.05, 3.63) is 23.8 Å². The molecule has 1 aromatic carbocycles. The fourth-order valence-corrected chi connectivity index (χ4v) is 3.06. The number of primary amides is 1. The van der Waals surface area contributed by atoms with E-state index in [4.69, 9.17) is 15.2 Å². The molecule has 2 heterocycles. The normalized spacial score (nSPS) is 18.8. The molecule has 3 rings (SSSR count). The molecule has 1 aromatic rings. The average molecular weight is 333 g/mol. The lowest BCUT2D eigenvalue weighted by Crippen LogP contribution is -2.46. The number of urea groups is 1. The van der Waals surface area contributed by atoms with Crippen molar-refractivity contribution in [2.24, 2.45) is 11.7 Å². The van der Waals surface area contributed by atoms with Gasteiger partial charge in [-0.15, -0.1) is 0 Å². The van der Waals surface area contributed by atoms with Crippen LogP contribution in [0.3, 0.4) is 0 Å². The molecule has 130 valence electrons. The number of hydrogen-bond acceptors (Lipinski definition) is 4. The number of rotatable bonds is 3. The maximum Gasteiger partial charge on any atom is 0.317 e. The fourth-order valence-electron chi connectivity index (χ4n) is 3.06. The summed E-state index contributed by atoms with van der Waals surface area (Å²) in [6, 6.07) is 5.42. The molecule has 7 nitrogen and oxygen atoms in total. The third kappa shape index (κ3) is 3.55. The Morgan fingerprint density at radius 3 is 2.54 bits per heavy atom. The number of benzene rings is 1. The molecule has 2 aliphatic rings. The molecule has 0 aromatic heterocycles. The van der Waals surface area contributed by atoms with Gasteiger partial charge >= 0.3 is 6.03 Å². The van der Waals surface area contributed by atoms with Gasteiger partial charge in [-0.1, -0.05) is 6.07 Å². The van der Waals surface area contributed by atoms with Crippen LogP contribution in [0.2, 0.25) is 0 Å². The van der Waals surface area contributed by atoms with E-state index in [1.165, 1.54) is 0 Å². The standard InChI is InChI=1S/C17H23N3O4/c1-11(13-2-3-14-15(10-13)24-9-8-23-14)19-17(22)20-6-4-12(5-7-20)16(18)21/h2-3,10-12H,4-9H2,1H3,(H2,18,21)(H,19,22). The molecule has 0 spiro atoms. The minimum atomic E-state index is -0.278. The van der Waals surface area contributed by atoms with Gasteiger partial charge < -0.3 is 25.4 Å². The molecule has 0 saturated carbocycles. The second kappa shape index (κ2) is 6.98. The Labute approximate surface area is 141 Å². The maximum absolute atomic E-state index is 12.4. The molecule has 3 amide bonds. The molecule has 3 N–H and O–H groups in total. The second-order valence-corrected chi connectivity index (χ2v) is 6.24. The summed E-state index contributed by atoms with van der Waals surface area (Å²) in [6.45, 7) is 4.12. The largest absolute Gasteiger partial charge is 0.486 e. The minimum Gasteiger partial charge on any atom is -0.486 e. The molecule has 0 bridgehead atoms. The van der Waals surface area contributed by atoms with Crippen LogP contribution in [0, 0.1) is 5.92 Å². The van der Waals surface area contributed by atoms with E-state index in [9.17, 15) is 9.59 Å². The van der Waals surface area contributed by atoms with Crippen LogP contribution >= 0.6 is 0 Å². The summed E-state index contributed by atoms with van der Waals surface area (Å²) in [5, 5.41) is 2.99. The zero-order valence-corrected chi connectivity index (χ0v) is 13.8. The summed E-state index contributed by atoms with van der Waals surface area (Å²) < 4.78 is 11.1. The van der Waals surface area contributed by atoms with Gasteiger partial charge in [-0.25, -0.2) is 4.79 Å². The number of amides is 3. The number of fused-ring (bicyclic) bond motifs is 1. The topological polar surface area (TPSA) is 93.9 Å². The summed E-state index contributed by atoms with van der Waals surface area (Å²) in [4.78, 5) is 25.3. The van der Waals surface area contributed by atoms with Crippen molar-refractivity contribution in [2.45, 2.75) is 25.8 Å². The van der Waals surface area contributed by atoms with E-state index in [0.717, 1.165) is 11.3 Å². The SMILES string of the molecule is CC(NC(=O)N1CCC(C(N)=O)CC1)c1ccc2c(c1)OCCO2. The Bertz CT molecular complexity index is 626. The van der Waals surface area contributed by atoms with Gasteiger partial charge in [0.25, 0.3) is 0 Å². The molecule has 1 unspecified atom stereocenters. The average Bonchev–Trinajstić information content (AvgIpc) is 2.61.